The van der Waals surface area contributed by atoms with Crippen molar-refractivity contribution in [1.29, 1.82) is 0 Å². The second-order valence-corrected chi connectivity index (χ2v) is 5.71. The summed E-state index contributed by atoms with van der Waals surface area (Å²) in [4.78, 5) is 3.86. The fraction of sp³-hybridized carbons (Fsp3) is 0.385. The third-order valence-corrected chi connectivity index (χ3v) is 3.33. The smallest absolute Gasteiger partial charge is 0.441 e. The van der Waals surface area contributed by atoms with E-state index in [1.54, 1.807) is 0 Å². The Morgan fingerprint density at radius 1 is 1.12 bits per heavy atom. The molecule has 0 aliphatic carbocycles. The van der Waals surface area contributed by atoms with Crippen LogP contribution < -0.4 is 9.47 Å². The van der Waals surface area contributed by atoms with Gasteiger partial charge in [-0.2, -0.15) is 36.4 Å². The summed E-state index contributed by atoms with van der Waals surface area (Å²) in [6.07, 6.45) is -4.62. The predicted octanol–water partition coefficient (Wildman–Crippen LogP) is 4.26. The van der Waals surface area contributed by atoms with Crippen LogP contribution in [0.15, 0.2) is 24.3 Å². The van der Waals surface area contributed by atoms with E-state index in [1.165, 1.54) is 25.2 Å². The molecule has 0 N–H and O–H groups in total. The number of thioether (sulfide) groups is 1. The minimum atomic E-state index is -4.62. The third kappa shape index (κ3) is 6.03. The maximum absolute atomic E-state index is 12.6. The average Bonchev–Trinajstić information content (AvgIpc) is 2.85. The number of ether oxygens (including phenoxy) is 2. The van der Waals surface area contributed by atoms with E-state index in [0.29, 0.717) is 6.07 Å². The Hall–Kier alpha value is -2.11. The third-order valence-electron chi connectivity index (χ3n) is 2.63. The van der Waals surface area contributed by atoms with Crippen LogP contribution in [0.2, 0.25) is 0 Å². The number of hydrogen-bond acceptors (Lipinski definition) is 5. The minimum Gasteiger partial charge on any atom is -0.477 e. The van der Waals surface area contributed by atoms with Gasteiger partial charge in [-0.3, -0.25) is 0 Å². The first-order chi connectivity index (χ1) is 11.5. The lowest BCUT2D eigenvalue weighted by Crippen LogP contribution is -2.08. The molecule has 138 valence electrons. The number of rotatable bonds is 6. The molecule has 0 aliphatic heterocycles. The molecule has 2 aromatic heterocycles. The summed E-state index contributed by atoms with van der Waals surface area (Å²) in [6, 6.07) is 4.89. The largest absolute Gasteiger partial charge is 0.477 e. The van der Waals surface area contributed by atoms with Crippen LogP contribution in [0.25, 0.3) is 0 Å². The molecule has 0 radical (unpaired) electrons. The van der Waals surface area contributed by atoms with Crippen molar-refractivity contribution in [2.75, 3.05) is 12.4 Å². The van der Waals surface area contributed by atoms with Crippen LogP contribution in [0.3, 0.4) is 0 Å². The van der Waals surface area contributed by atoms with Gasteiger partial charge in [-0.1, -0.05) is 6.07 Å². The van der Waals surface area contributed by atoms with Crippen molar-refractivity contribution in [2.24, 2.45) is 7.05 Å². The van der Waals surface area contributed by atoms with E-state index in [1.807, 2.05) is 0 Å². The molecule has 0 saturated carbocycles. The lowest BCUT2D eigenvalue weighted by Gasteiger charge is -2.09. The number of aryl methyl sites for hydroxylation is 1. The van der Waals surface area contributed by atoms with Gasteiger partial charge in [0.1, 0.15) is 0 Å². The molecule has 0 atom stereocenters. The number of nitrogens with zero attached hydrogens (tertiary/aromatic N) is 3. The van der Waals surface area contributed by atoms with Crippen LogP contribution >= 0.6 is 11.8 Å². The van der Waals surface area contributed by atoms with Gasteiger partial charge < -0.3 is 9.47 Å². The van der Waals surface area contributed by atoms with Gasteiger partial charge in [0.05, 0.1) is 6.61 Å². The zero-order valence-corrected chi connectivity index (χ0v) is 13.4. The van der Waals surface area contributed by atoms with Gasteiger partial charge in [-0.25, -0.2) is 4.68 Å². The van der Waals surface area contributed by atoms with Gasteiger partial charge in [0.25, 0.3) is 0 Å². The monoisotopic (exact) mass is 387 g/mol. The number of aromatic nitrogens is 3. The summed E-state index contributed by atoms with van der Waals surface area (Å²) < 4.78 is 84.9. The standard InChI is InChI=1S/C13H11F6N3O2S/c1-22-11(7-8(21-22)12(14,15)16)24-10-4-2-3-9(20-10)23-5-6-25-13(17,18)19/h2-4,7H,5-6H2,1H3. The topological polar surface area (TPSA) is 49.2 Å². The fourth-order valence-electron chi connectivity index (χ4n) is 1.63. The lowest BCUT2D eigenvalue weighted by atomic mass is 10.4. The molecular weight excluding hydrogens is 376 g/mol. The van der Waals surface area contributed by atoms with E-state index < -0.39 is 17.4 Å². The highest BCUT2D eigenvalue weighted by Crippen LogP contribution is 2.32. The second-order valence-electron chi connectivity index (χ2n) is 4.55. The Bertz CT molecular complexity index is 717. The van der Waals surface area contributed by atoms with Crippen molar-refractivity contribution in [2.45, 2.75) is 11.7 Å². The number of alkyl halides is 6. The van der Waals surface area contributed by atoms with E-state index in [4.69, 9.17) is 9.47 Å². The highest BCUT2D eigenvalue weighted by molar-refractivity contribution is 8.00. The van der Waals surface area contributed by atoms with Crippen molar-refractivity contribution >= 4 is 11.8 Å². The van der Waals surface area contributed by atoms with E-state index >= 15 is 0 Å². The summed E-state index contributed by atoms with van der Waals surface area (Å²) in [5.74, 6) is -0.631. The van der Waals surface area contributed by atoms with Crippen molar-refractivity contribution in [3.8, 4) is 17.6 Å². The first kappa shape index (κ1) is 19.2. The minimum absolute atomic E-state index is 0.0153. The molecule has 5 nitrogen and oxygen atoms in total. The highest BCUT2D eigenvalue weighted by Gasteiger charge is 2.35. The second kappa shape index (κ2) is 7.42. The maximum Gasteiger partial charge on any atom is 0.441 e. The number of halogens is 6. The molecule has 0 bridgehead atoms. The molecular formula is C13H11F6N3O2S. The Morgan fingerprint density at radius 2 is 1.80 bits per heavy atom. The molecule has 2 rings (SSSR count). The Labute approximate surface area is 141 Å². The van der Waals surface area contributed by atoms with E-state index in [-0.39, 0.29) is 41.8 Å². The van der Waals surface area contributed by atoms with Crippen molar-refractivity contribution in [1.82, 2.24) is 14.8 Å². The molecule has 25 heavy (non-hydrogen) atoms. The first-order valence-corrected chi connectivity index (χ1v) is 7.63. The van der Waals surface area contributed by atoms with Crippen LogP contribution in [-0.2, 0) is 13.2 Å². The molecule has 0 aliphatic rings. The van der Waals surface area contributed by atoms with Crippen LogP contribution in [0, 0.1) is 0 Å². The van der Waals surface area contributed by atoms with Gasteiger partial charge in [0.15, 0.2) is 5.69 Å². The average molecular weight is 387 g/mol. The van der Waals surface area contributed by atoms with Gasteiger partial charge in [0.2, 0.25) is 17.6 Å². The normalized spacial score (nSPS) is 12.3. The van der Waals surface area contributed by atoms with E-state index in [2.05, 4.69) is 10.1 Å². The SMILES string of the molecule is Cn1nc(C(F)(F)F)cc1Oc1cccc(OCCSC(F)(F)F)n1. The summed E-state index contributed by atoms with van der Waals surface area (Å²) >= 11 is -0.236. The molecule has 2 heterocycles. The van der Waals surface area contributed by atoms with Gasteiger partial charge in [-0.05, 0) is 11.8 Å². The first-order valence-electron chi connectivity index (χ1n) is 6.64. The number of hydrogen-bond donors (Lipinski definition) is 0. The van der Waals surface area contributed by atoms with Crippen molar-refractivity contribution in [3.63, 3.8) is 0 Å². The Morgan fingerprint density at radius 3 is 2.40 bits per heavy atom. The van der Waals surface area contributed by atoms with Crippen LogP contribution in [0.4, 0.5) is 26.3 Å². The van der Waals surface area contributed by atoms with Gasteiger partial charge >= 0.3 is 11.7 Å². The summed E-state index contributed by atoms with van der Waals surface area (Å²) in [5, 5.41) is 3.28. The van der Waals surface area contributed by atoms with Gasteiger partial charge in [0, 0.05) is 31.0 Å². The highest BCUT2D eigenvalue weighted by atomic mass is 32.2. The zero-order valence-electron chi connectivity index (χ0n) is 12.6. The maximum atomic E-state index is 12.6. The Kier molecular flexibility index (Phi) is 5.70. The lowest BCUT2D eigenvalue weighted by molar-refractivity contribution is -0.141. The molecule has 0 spiro atoms. The van der Waals surface area contributed by atoms with Crippen LogP contribution in [0.5, 0.6) is 17.6 Å². The Balaban J connectivity index is 1.99. The zero-order chi connectivity index (χ0) is 18.7. The fourth-order valence-corrected chi connectivity index (χ4v) is 2.03. The number of pyridine rings is 1. The quantitative estimate of drug-likeness (QED) is 0.548. The molecule has 0 saturated heterocycles. The molecule has 2 aromatic rings. The predicted molar refractivity (Wildman–Crippen MR) is 76.5 cm³/mol. The van der Waals surface area contributed by atoms with Crippen LogP contribution in [0.1, 0.15) is 5.69 Å². The van der Waals surface area contributed by atoms with E-state index in [0.717, 1.165) is 4.68 Å². The van der Waals surface area contributed by atoms with E-state index in [9.17, 15) is 26.3 Å². The van der Waals surface area contributed by atoms with Crippen molar-refractivity contribution in [3.05, 3.63) is 30.0 Å². The van der Waals surface area contributed by atoms with Gasteiger partial charge in [-0.15, -0.1) is 0 Å². The molecule has 0 fully saturated rings. The molecule has 0 amide bonds. The molecule has 12 heteroatoms. The summed E-state index contributed by atoms with van der Waals surface area (Å²) in [7, 11) is 1.26. The van der Waals surface area contributed by atoms with Crippen molar-refractivity contribution < 1.29 is 35.8 Å². The molecule has 0 aromatic carbocycles. The molecule has 0 unspecified atom stereocenters. The summed E-state index contributed by atoms with van der Waals surface area (Å²) in [6.45, 7) is -0.245. The summed E-state index contributed by atoms with van der Waals surface area (Å²) in [5.41, 5.74) is -5.47. The van der Waals surface area contributed by atoms with Crippen LogP contribution in [-0.4, -0.2) is 32.6 Å².